The predicted molar refractivity (Wildman–Crippen MR) is 199 cm³/mol. The molecule has 0 aliphatic heterocycles. The van der Waals surface area contributed by atoms with Crippen LogP contribution >= 0.6 is 0 Å². The van der Waals surface area contributed by atoms with Gasteiger partial charge in [0.2, 0.25) is 0 Å². The Kier molecular flexibility index (Phi) is 12.0. The van der Waals surface area contributed by atoms with E-state index in [9.17, 15) is 0 Å². The minimum atomic E-state index is 0. The third kappa shape index (κ3) is 7.73. The van der Waals surface area contributed by atoms with Crippen molar-refractivity contribution in [2.45, 2.75) is 99.8 Å². The zero-order valence-corrected chi connectivity index (χ0v) is 33.0. The van der Waals surface area contributed by atoms with Crippen LogP contribution in [0.25, 0.3) is 22.3 Å². The Morgan fingerprint density at radius 1 is 0.848 bits per heavy atom. The zero-order valence-electron chi connectivity index (χ0n) is 30.5. The Hall–Kier alpha value is -2.63. The van der Waals surface area contributed by atoms with Crippen LogP contribution in [0.1, 0.15) is 116 Å². The molecule has 7 rings (SSSR count). The van der Waals surface area contributed by atoms with Crippen LogP contribution in [0.15, 0.2) is 77.9 Å². The van der Waals surface area contributed by atoms with Gasteiger partial charge in [-0.15, -0.1) is 11.6 Å². The maximum atomic E-state index is 3.65. The topological polar surface area (TPSA) is 0 Å². The smallest absolute Gasteiger partial charge is 0.171 e. The molecule has 0 nitrogen and oxygen atoms in total. The fraction of sp³-hybridized carbons (Fsp3) is 0.378. The van der Waals surface area contributed by atoms with E-state index in [1.807, 2.05) is 30.3 Å². The van der Waals surface area contributed by atoms with E-state index in [1.54, 1.807) is 0 Å². The van der Waals surface area contributed by atoms with Crippen molar-refractivity contribution in [1.29, 1.82) is 0 Å². The molecule has 46 heavy (non-hydrogen) atoms. The van der Waals surface area contributed by atoms with E-state index in [1.165, 1.54) is 91.0 Å². The van der Waals surface area contributed by atoms with E-state index in [0.29, 0.717) is 11.3 Å². The molecule has 1 unspecified atom stereocenters. The fourth-order valence-corrected chi connectivity index (χ4v) is 7.36. The van der Waals surface area contributed by atoms with Crippen LogP contribution < -0.4 is 0 Å². The summed E-state index contributed by atoms with van der Waals surface area (Å²) in [6, 6.07) is 22.3. The van der Waals surface area contributed by atoms with Gasteiger partial charge in [0, 0.05) is 5.41 Å². The van der Waals surface area contributed by atoms with Crippen LogP contribution in [-0.4, -0.2) is 4.21 Å². The summed E-state index contributed by atoms with van der Waals surface area (Å²) in [7, 11) is 0. The van der Waals surface area contributed by atoms with Gasteiger partial charge >= 0.3 is 28.4 Å². The molecule has 4 aliphatic carbocycles. The molecule has 0 spiro atoms. The Labute approximate surface area is 297 Å². The average Bonchev–Trinajstić information content (AvgIpc) is 3.68. The van der Waals surface area contributed by atoms with Gasteiger partial charge in [-0.1, -0.05) is 111 Å². The molecule has 0 saturated carbocycles. The Morgan fingerprint density at radius 3 is 1.89 bits per heavy atom. The van der Waals surface area contributed by atoms with Crippen molar-refractivity contribution in [2.75, 3.05) is 0 Å². The summed E-state index contributed by atoms with van der Waals surface area (Å²) in [6.45, 7) is 24.9. The standard InChI is InChI=1S/C25H25.C12H19.C6H5.CH3.CH2.Zr/c1-14-12-24(3,4)22-8-16-7-17-9-23-19(15(2)13-25(23,5)6)11-21(17)20(16)10-18(14)22;1-6-10-7-9(2)8-11(10)12(3,4)5;1-2-4-6-5-3-1;;;/h8-12H,7H2,1-6H3;8-9H,6H2,1-5H3;1-5H;1H3;1H2;/q4*-1;;. The average molecular weight is 686 g/mol. The van der Waals surface area contributed by atoms with Crippen molar-refractivity contribution in [3.8, 4) is 11.1 Å². The summed E-state index contributed by atoms with van der Waals surface area (Å²) in [6.07, 6.45) is 14.1. The molecule has 4 aliphatic rings. The molecule has 1 atom stereocenters. The second-order valence-corrected chi connectivity index (χ2v) is 14.9. The molecular weight excluding hydrogens is 632 g/mol. The van der Waals surface area contributed by atoms with Gasteiger partial charge in [0.25, 0.3) is 0 Å². The van der Waals surface area contributed by atoms with Crippen molar-refractivity contribution in [1.82, 2.24) is 0 Å². The van der Waals surface area contributed by atoms with Crippen LogP contribution in [-0.2, 0) is 41.5 Å². The van der Waals surface area contributed by atoms with Gasteiger partial charge in [-0.2, -0.15) is 53.6 Å². The maximum absolute atomic E-state index is 3.65. The van der Waals surface area contributed by atoms with Gasteiger partial charge < -0.3 is 7.43 Å². The van der Waals surface area contributed by atoms with Crippen molar-refractivity contribution in [3.05, 3.63) is 137 Å². The second kappa shape index (κ2) is 14.6. The third-order valence-electron chi connectivity index (χ3n) is 9.34. The summed E-state index contributed by atoms with van der Waals surface area (Å²) < 4.78 is 3.34. The molecule has 3 aromatic carbocycles. The first-order valence-corrected chi connectivity index (χ1v) is 18.1. The molecule has 242 valence electrons. The maximum Gasteiger partial charge on any atom is -0.171 e. The monoisotopic (exact) mass is 684 g/mol. The Bertz CT molecular complexity index is 1570. The normalized spacial score (nSPS) is 18.5. The van der Waals surface area contributed by atoms with Gasteiger partial charge in [0.05, 0.1) is 0 Å². The summed E-state index contributed by atoms with van der Waals surface area (Å²) in [4.78, 5) is 0. The van der Waals surface area contributed by atoms with Crippen LogP contribution in [0, 0.1) is 37.0 Å². The first kappa shape index (κ1) is 37.8. The third-order valence-corrected chi connectivity index (χ3v) is 9.34. The first-order valence-electron chi connectivity index (χ1n) is 16.4. The molecule has 1 heteroatoms. The molecule has 3 aromatic rings. The second-order valence-electron chi connectivity index (χ2n) is 14.9. The molecule has 0 aromatic heterocycles. The van der Waals surface area contributed by atoms with Gasteiger partial charge in [-0.25, -0.2) is 11.1 Å². The first-order chi connectivity index (χ1) is 21.1. The minimum Gasteiger partial charge on any atom is -0.358 e. The molecule has 0 amide bonds. The van der Waals surface area contributed by atoms with Crippen LogP contribution in [0.4, 0.5) is 0 Å². The Morgan fingerprint density at radius 2 is 1.41 bits per heavy atom. The van der Waals surface area contributed by atoms with E-state index in [2.05, 4.69) is 135 Å². The van der Waals surface area contributed by atoms with Gasteiger partial charge in [-0.05, 0) is 58.4 Å². The van der Waals surface area contributed by atoms with Gasteiger partial charge in [0.1, 0.15) is 0 Å². The predicted octanol–water partition coefficient (Wildman–Crippen LogP) is 12.1. The van der Waals surface area contributed by atoms with E-state index in [0.717, 1.165) is 12.8 Å². The van der Waals surface area contributed by atoms with E-state index < -0.39 is 0 Å². The zero-order chi connectivity index (χ0) is 33.3. The minimum absolute atomic E-state index is 0. The largest absolute Gasteiger partial charge is 0.358 e. The Balaban J connectivity index is 0.000000229. The summed E-state index contributed by atoms with van der Waals surface area (Å²) in [5.41, 5.74) is 17.8. The molecule has 0 radical (unpaired) electrons. The molecule has 0 bridgehead atoms. The molecule has 0 heterocycles. The summed E-state index contributed by atoms with van der Waals surface area (Å²) >= 11 is 1.30. The van der Waals surface area contributed by atoms with Crippen LogP contribution in [0.3, 0.4) is 0 Å². The van der Waals surface area contributed by atoms with E-state index in [4.69, 9.17) is 0 Å². The molecule has 0 N–H and O–H groups in total. The van der Waals surface area contributed by atoms with Crippen molar-refractivity contribution in [3.63, 3.8) is 0 Å². The van der Waals surface area contributed by atoms with Crippen molar-refractivity contribution < 1.29 is 24.2 Å². The molecular formula is C45H54Zr-4. The quantitative estimate of drug-likeness (QED) is 0.175. The van der Waals surface area contributed by atoms with Crippen molar-refractivity contribution >= 4 is 15.4 Å². The van der Waals surface area contributed by atoms with Crippen LogP contribution in [0.2, 0.25) is 0 Å². The fourth-order valence-electron chi connectivity index (χ4n) is 7.36. The molecule has 0 fully saturated rings. The van der Waals surface area contributed by atoms with Gasteiger partial charge in [0.15, 0.2) is 0 Å². The number of allylic oxidation sites excluding steroid dienone is 8. The number of hydrogen-bond donors (Lipinski definition) is 0. The summed E-state index contributed by atoms with van der Waals surface area (Å²) in [5, 5.41) is 0. The van der Waals surface area contributed by atoms with Gasteiger partial charge in [-0.3, -0.25) is 12.2 Å². The number of fused-ring (bicyclic) bond motifs is 5. The summed E-state index contributed by atoms with van der Waals surface area (Å²) in [5.74, 6) is 0.522. The van der Waals surface area contributed by atoms with Crippen LogP contribution in [0.5, 0.6) is 0 Å². The number of benzene rings is 3. The molecule has 0 saturated heterocycles. The van der Waals surface area contributed by atoms with E-state index >= 15 is 0 Å². The number of hydrogen-bond acceptors (Lipinski definition) is 0. The SMILES string of the molecule is CC1=[C-]C(C)(C)c2cc3c(cc21)-c1cc2c(cc1C3)C(C)(C)C=C2C.CCC1=[C-]C(C)C=C1C(C)(C)C.[CH2]=[Zr].[CH3-].[c-]1ccccc1. The van der Waals surface area contributed by atoms with E-state index in [-0.39, 0.29) is 18.3 Å². The number of rotatable bonds is 1. The van der Waals surface area contributed by atoms with Crippen molar-refractivity contribution in [2.24, 2.45) is 11.3 Å².